The summed E-state index contributed by atoms with van der Waals surface area (Å²) in [5.41, 5.74) is 1.42. The van der Waals surface area contributed by atoms with Gasteiger partial charge in [0.2, 0.25) is 15.9 Å². The second kappa shape index (κ2) is 4.12. The first kappa shape index (κ1) is 12.1. The van der Waals surface area contributed by atoms with Gasteiger partial charge < -0.3 is 5.32 Å². The van der Waals surface area contributed by atoms with Crippen LogP contribution in [0.15, 0.2) is 23.1 Å². The number of sulfonamides is 1. The van der Waals surface area contributed by atoms with E-state index in [1.54, 1.807) is 26.0 Å². The quantitative estimate of drug-likeness (QED) is 0.846. The predicted molar refractivity (Wildman–Crippen MR) is 64.3 cm³/mol. The Morgan fingerprint density at radius 2 is 2.12 bits per heavy atom. The van der Waals surface area contributed by atoms with E-state index in [4.69, 9.17) is 0 Å². The summed E-state index contributed by atoms with van der Waals surface area (Å²) in [5, 5.41) is 2.70. The van der Waals surface area contributed by atoms with E-state index in [0.29, 0.717) is 12.2 Å². The van der Waals surface area contributed by atoms with E-state index >= 15 is 0 Å². The van der Waals surface area contributed by atoms with Crippen LogP contribution in [0.1, 0.15) is 25.3 Å². The molecule has 0 fully saturated rings. The van der Waals surface area contributed by atoms with E-state index in [0.717, 1.165) is 5.56 Å². The van der Waals surface area contributed by atoms with Gasteiger partial charge in [0.1, 0.15) is 0 Å². The van der Waals surface area contributed by atoms with Crippen LogP contribution in [0.25, 0.3) is 0 Å². The minimum absolute atomic E-state index is 0.0991. The summed E-state index contributed by atoms with van der Waals surface area (Å²) in [4.78, 5) is 11.6. The maximum Gasteiger partial charge on any atom is 0.240 e. The second-order valence-electron chi connectivity index (χ2n) is 3.96. The molecule has 2 rings (SSSR count). The summed E-state index contributed by atoms with van der Waals surface area (Å²) in [7, 11) is -3.46. The van der Waals surface area contributed by atoms with Crippen molar-refractivity contribution in [2.45, 2.75) is 24.7 Å². The van der Waals surface area contributed by atoms with Crippen LogP contribution < -0.4 is 10.0 Å². The van der Waals surface area contributed by atoms with Gasteiger partial charge in [0.15, 0.2) is 0 Å². The number of nitrogens with one attached hydrogen (secondary N) is 2. The molecule has 5 nitrogen and oxygen atoms in total. The molecular weight excluding hydrogens is 240 g/mol. The summed E-state index contributed by atoms with van der Waals surface area (Å²) in [6.45, 7) is 3.82. The molecule has 1 amide bonds. The van der Waals surface area contributed by atoms with E-state index in [9.17, 15) is 13.2 Å². The molecule has 0 aliphatic carbocycles. The molecule has 0 unspecified atom stereocenters. The van der Waals surface area contributed by atoms with Crippen LogP contribution >= 0.6 is 0 Å². The molecule has 1 aromatic carbocycles. The molecule has 0 radical (unpaired) electrons. The minimum Gasteiger partial charge on any atom is -0.325 e. The lowest BCUT2D eigenvalue weighted by molar-refractivity contribution is -0.116. The Balaban J connectivity index is 2.46. The number of benzene rings is 1. The van der Waals surface area contributed by atoms with Crippen molar-refractivity contribution in [3.8, 4) is 0 Å². The largest absolute Gasteiger partial charge is 0.325 e. The number of hydrogen-bond donors (Lipinski definition) is 2. The Hall–Kier alpha value is -1.40. The fraction of sp³-hybridized carbons (Fsp3) is 0.364. The number of carbonyl (C=O) groups excluding carboxylic acids is 1. The van der Waals surface area contributed by atoms with Gasteiger partial charge in [0.05, 0.1) is 10.8 Å². The van der Waals surface area contributed by atoms with Gasteiger partial charge >= 0.3 is 0 Å². The highest BCUT2D eigenvalue weighted by Gasteiger charge is 2.28. The molecule has 92 valence electrons. The summed E-state index contributed by atoms with van der Waals surface area (Å²) < 4.78 is 26.0. The molecular formula is C11H14N2O3S. The average molecular weight is 254 g/mol. The lowest BCUT2D eigenvalue weighted by Gasteiger charge is -2.07. The SMILES string of the molecule is CCNS(=O)(=O)c1ccc2c(c1)[C@H](C)C(=O)N2. The number of rotatable bonds is 3. The monoisotopic (exact) mass is 254 g/mol. The van der Waals surface area contributed by atoms with Crippen LogP contribution in [-0.4, -0.2) is 20.9 Å². The zero-order chi connectivity index (χ0) is 12.6. The molecule has 0 bridgehead atoms. The van der Waals surface area contributed by atoms with E-state index in [-0.39, 0.29) is 16.7 Å². The molecule has 0 saturated carbocycles. The van der Waals surface area contributed by atoms with Gasteiger partial charge in [0.25, 0.3) is 0 Å². The van der Waals surface area contributed by atoms with E-state index in [1.165, 1.54) is 6.07 Å². The zero-order valence-corrected chi connectivity index (χ0v) is 10.5. The molecule has 0 aromatic heterocycles. The van der Waals surface area contributed by atoms with Gasteiger partial charge in [-0.2, -0.15) is 0 Å². The van der Waals surface area contributed by atoms with E-state index in [2.05, 4.69) is 10.0 Å². The van der Waals surface area contributed by atoms with Crippen molar-refractivity contribution in [2.24, 2.45) is 0 Å². The van der Waals surface area contributed by atoms with Crippen LogP contribution in [0.4, 0.5) is 5.69 Å². The zero-order valence-electron chi connectivity index (χ0n) is 9.65. The van der Waals surface area contributed by atoms with Crippen molar-refractivity contribution >= 4 is 21.6 Å². The fourth-order valence-electron chi connectivity index (χ4n) is 1.84. The topological polar surface area (TPSA) is 75.3 Å². The van der Waals surface area contributed by atoms with Gasteiger partial charge in [-0.15, -0.1) is 0 Å². The average Bonchev–Trinajstić information content (AvgIpc) is 2.54. The van der Waals surface area contributed by atoms with Crippen molar-refractivity contribution in [1.29, 1.82) is 0 Å². The van der Waals surface area contributed by atoms with Crippen molar-refractivity contribution in [3.63, 3.8) is 0 Å². The number of anilines is 1. The second-order valence-corrected chi connectivity index (χ2v) is 5.73. The van der Waals surface area contributed by atoms with E-state index < -0.39 is 10.0 Å². The van der Waals surface area contributed by atoms with Crippen LogP contribution in [0.3, 0.4) is 0 Å². The highest BCUT2D eigenvalue weighted by molar-refractivity contribution is 7.89. The number of carbonyl (C=O) groups is 1. The Morgan fingerprint density at radius 3 is 2.76 bits per heavy atom. The highest BCUT2D eigenvalue weighted by atomic mass is 32.2. The minimum atomic E-state index is -3.46. The first-order valence-electron chi connectivity index (χ1n) is 5.40. The van der Waals surface area contributed by atoms with Crippen LogP contribution in [-0.2, 0) is 14.8 Å². The van der Waals surface area contributed by atoms with Gasteiger partial charge in [-0.05, 0) is 30.7 Å². The summed E-state index contributed by atoms with van der Waals surface area (Å²) in [6.07, 6.45) is 0. The Morgan fingerprint density at radius 1 is 1.41 bits per heavy atom. The Labute approximate surface area is 100 Å². The molecule has 0 saturated heterocycles. The summed E-state index contributed by atoms with van der Waals surface area (Å²) >= 11 is 0. The number of fused-ring (bicyclic) bond motifs is 1. The first-order valence-corrected chi connectivity index (χ1v) is 6.88. The molecule has 6 heteroatoms. The predicted octanol–water partition coefficient (Wildman–Crippen LogP) is 1.04. The van der Waals surface area contributed by atoms with E-state index in [1.807, 2.05) is 0 Å². The Kier molecular flexibility index (Phi) is 2.92. The lowest BCUT2D eigenvalue weighted by atomic mass is 10.0. The molecule has 0 spiro atoms. The van der Waals surface area contributed by atoms with Crippen molar-refractivity contribution < 1.29 is 13.2 Å². The lowest BCUT2D eigenvalue weighted by Crippen LogP contribution is -2.23. The van der Waals surface area contributed by atoms with Crippen LogP contribution in [0, 0.1) is 0 Å². The first-order chi connectivity index (χ1) is 7.95. The van der Waals surface area contributed by atoms with Crippen molar-refractivity contribution in [1.82, 2.24) is 4.72 Å². The molecule has 2 N–H and O–H groups in total. The van der Waals surface area contributed by atoms with Crippen LogP contribution in [0.5, 0.6) is 0 Å². The molecule has 1 aliphatic rings. The standard InChI is InChI=1S/C11H14N2O3S/c1-3-12-17(15,16)8-4-5-10-9(6-8)7(2)11(14)13-10/h4-7,12H,3H2,1-2H3,(H,13,14)/t7-/m0/s1. The third kappa shape index (κ3) is 2.05. The molecule has 1 aliphatic heterocycles. The number of amides is 1. The van der Waals surface area contributed by atoms with Crippen molar-refractivity contribution in [3.05, 3.63) is 23.8 Å². The van der Waals surface area contributed by atoms with Gasteiger partial charge in [-0.25, -0.2) is 13.1 Å². The van der Waals surface area contributed by atoms with Crippen molar-refractivity contribution in [2.75, 3.05) is 11.9 Å². The molecule has 1 heterocycles. The maximum absolute atomic E-state index is 11.8. The molecule has 1 aromatic rings. The smallest absolute Gasteiger partial charge is 0.240 e. The Bertz CT molecular complexity index is 566. The van der Waals surface area contributed by atoms with Gasteiger partial charge in [0, 0.05) is 12.2 Å². The normalized spacial score (nSPS) is 18.9. The summed E-state index contributed by atoms with van der Waals surface area (Å²) in [5.74, 6) is -0.403. The highest BCUT2D eigenvalue weighted by Crippen LogP contribution is 2.33. The molecule has 1 atom stereocenters. The fourth-order valence-corrected chi connectivity index (χ4v) is 2.91. The third-order valence-corrected chi connectivity index (χ3v) is 4.33. The maximum atomic E-state index is 11.8. The molecule has 17 heavy (non-hydrogen) atoms. The third-order valence-electron chi connectivity index (χ3n) is 2.79. The summed E-state index contributed by atoms with van der Waals surface area (Å²) in [6, 6.07) is 4.67. The van der Waals surface area contributed by atoms with Gasteiger partial charge in [-0.3, -0.25) is 4.79 Å². The number of hydrogen-bond acceptors (Lipinski definition) is 3. The van der Waals surface area contributed by atoms with Gasteiger partial charge in [-0.1, -0.05) is 6.92 Å². The van der Waals surface area contributed by atoms with Crippen LogP contribution in [0.2, 0.25) is 0 Å².